The molecule has 0 radical (unpaired) electrons. The lowest BCUT2D eigenvalue weighted by Gasteiger charge is -2.50. The van der Waals surface area contributed by atoms with Crippen LogP contribution < -0.4 is 5.32 Å². The molecule has 2 amide bonds. The summed E-state index contributed by atoms with van der Waals surface area (Å²) >= 11 is 0. The van der Waals surface area contributed by atoms with E-state index in [2.05, 4.69) is 63.0 Å². The van der Waals surface area contributed by atoms with Crippen LogP contribution in [0.2, 0.25) is 0 Å². The van der Waals surface area contributed by atoms with Gasteiger partial charge in [-0.1, -0.05) is 82.2 Å². The average Bonchev–Trinajstić information content (AvgIpc) is 3.98. The molecule has 1 aromatic rings. The highest BCUT2D eigenvalue weighted by atomic mass is 16.5. The number of carbonyl (C=O) groups excluding carboxylic acids is 2. The first kappa shape index (κ1) is 39.1. The van der Waals surface area contributed by atoms with Gasteiger partial charge in [-0.25, -0.2) is 0 Å². The Labute approximate surface area is 331 Å². The first-order chi connectivity index (χ1) is 26.3. The number of nitrogens with one attached hydrogen (secondary N) is 1. The van der Waals surface area contributed by atoms with Crippen molar-refractivity contribution >= 4 is 17.4 Å². The molecule has 300 valence electrons. The minimum Gasteiger partial charge on any atom is -0.393 e. The summed E-state index contributed by atoms with van der Waals surface area (Å²) in [6, 6.07) is 10.3. The SMILES string of the molecule is CC/C(C(=O)N1C(CC)C1(C)C(=O)NCCN1C[C@@H](C)C[C@H]2OC/C(C)=C3/C[C@H]4[C@]5(CC=C6C[C@@H](O)CC[C@@]64C)CC35CC[C@H](C)[C@@H]21)=C(\C)c1ccccc1. The molecule has 4 aliphatic carbocycles. The molecule has 2 saturated heterocycles. The predicted molar refractivity (Wildman–Crippen MR) is 220 cm³/mol. The highest BCUT2D eigenvalue weighted by Gasteiger charge is 2.78. The maximum absolute atomic E-state index is 14.0. The molecule has 7 nitrogen and oxygen atoms in total. The second kappa shape index (κ2) is 14.3. The summed E-state index contributed by atoms with van der Waals surface area (Å²) in [5.41, 5.74) is 7.65. The highest BCUT2D eigenvalue weighted by Crippen LogP contribution is 2.86. The maximum Gasteiger partial charge on any atom is 0.251 e. The van der Waals surface area contributed by atoms with Crippen LogP contribution in [0.4, 0.5) is 0 Å². The Morgan fingerprint density at radius 2 is 1.82 bits per heavy atom. The number of hydrogen-bond acceptors (Lipinski definition) is 5. The van der Waals surface area contributed by atoms with E-state index in [9.17, 15) is 14.7 Å². The van der Waals surface area contributed by atoms with E-state index >= 15 is 0 Å². The molecule has 7 heteroatoms. The average molecular weight is 752 g/mol. The quantitative estimate of drug-likeness (QED) is 0.158. The number of amides is 2. The van der Waals surface area contributed by atoms with Crippen molar-refractivity contribution in [2.24, 2.45) is 34.0 Å². The van der Waals surface area contributed by atoms with E-state index in [4.69, 9.17) is 4.74 Å². The largest absolute Gasteiger partial charge is 0.393 e. The van der Waals surface area contributed by atoms with Crippen LogP contribution in [0.1, 0.15) is 132 Å². The fourth-order valence-electron chi connectivity index (χ4n) is 13.7. The number of allylic oxidation sites excluding steroid dienone is 3. The molecular formula is C48H69N3O4. The molecule has 3 heterocycles. The molecule has 5 fully saturated rings. The Kier molecular flexibility index (Phi) is 10.1. The summed E-state index contributed by atoms with van der Waals surface area (Å²) in [4.78, 5) is 32.6. The summed E-state index contributed by atoms with van der Waals surface area (Å²) in [6.45, 7) is 20.9. The zero-order valence-corrected chi connectivity index (χ0v) is 35.2. The van der Waals surface area contributed by atoms with Crippen molar-refractivity contribution in [2.75, 3.05) is 26.2 Å². The molecule has 2 spiro atoms. The molecule has 7 aliphatic rings. The number of benzene rings is 1. The third-order valence-electron chi connectivity index (χ3n) is 16.8. The van der Waals surface area contributed by atoms with Gasteiger partial charge in [-0.3, -0.25) is 14.5 Å². The molecule has 0 aromatic heterocycles. The molecule has 11 atom stereocenters. The van der Waals surface area contributed by atoms with E-state index in [0.717, 1.165) is 68.5 Å². The number of hydrogen-bond donors (Lipinski definition) is 2. The third-order valence-corrected chi connectivity index (χ3v) is 16.8. The summed E-state index contributed by atoms with van der Waals surface area (Å²) in [5.74, 6) is 1.64. The fraction of sp³-hybridized carbons (Fsp3) is 0.708. The number of aliphatic hydroxyl groups excluding tert-OH is 1. The Bertz CT molecular complexity index is 1780. The van der Waals surface area contributed by atoms with Crippen molar-refractivity contribution in [3.8, 4) is 0 Å². The van der Waals surface area contributed by atoms with E-state index < -0.39 is 5.54 Å². The lowest BCUT2D eigenvalue weighted by molar-refractivity contribution is -0.130. The summed E-state index contributed by atoms with van der Waals surface area (Å²) in [6.07, 6.45) is 14.1. The Morgan fingerprint density at radius 3 is 2.55 bits per heavy atom. The van der Waals surface area contributed by atoms with Crippen LogP contribution in [0.25, 0.3) is 5.57 Å². The smallest absolute Gasteiger partial charge is 0.251 e. The van der Waals surface area contributed by atoms with Gasteiger partial charge >= 0.3 is 0 Å². The number of fused-ring (bicyclic) bond motifs is 3. The van der Waals surface area contributed by atoms with E-state index in [1.165, 1.54) is 37.7 Å². The number of aliphatic hydroxyl groups is 1. The maximum atomic E-state index is 14.0. The molecule has 3 saturated carbocycles. The van der Waals surface area contributed by atoms with E-state index in [-0.39, 0.29) is 35.5 Å². The monoisotopic (exact) mass is 752 g/mol. The number of rotatable bonds is 8. The van der Waals surface area contributed by atoms with Crippen molar-refractivity contribution in [3.63, 3.8) is 0 Å². The van der Waals surface area contributed by atoms with Gasteiger partial charge in [0.2, 0.25) is 5.91 Å². The van der Waals surface area contributed by atoms with Gasteiger partial charge in [-0.2, -0.15) is 0 Å². The minimum atomic E-state index is -0.836. The van der Waals surface area contributed by atoms with Crippen LogP contribution in [0.3, 0.4) is 0 Å². The molecule has 0 bridgehead atoms. The van der Waals surface area contributed by atoms with Crippen molar-refractivity contribution in [1.29, 1.82) is 0 Å². The number of likely N-dealkylation sites (tertiary alicyclic amines) is 1. The zero-order chi connectivity index (χ0) is 39.1. The lowest BCUT2D eigenvalue weighted by atomic mass is 9.55. The van der Waals surface area contributed by atoms with Crippen molar-refractivity contribution in [2.45, 2.75) is 156 Å². The van der Waals surface area contributed by atoms with Gasteiger partial charge in [0.15, 0.2) is 0 Å². The summed E-state index contributed by atoms with van der Waals surface area (Å²) in [5, 5.41) is 13.9. The normalized spacial score (nSPS) is 42.7. The predicted octanol–water partition coefficient (Wildman–Crippen LogP) is 8.49. The Hall–Kier alpha value is -2.74. The minimum absolute atomic E-state index is 0.0112. The molecular weight excluding hydrogens is 683 g/mol. The molecule has 8 rings (SSSR count). The number of ether oxygens (including phenoxy) is 1. The topological polar surface area (TPSA) is 81.9 Å². The van der Waals surface area contributed by atoms with Gasteiger partial charge in [0.1, 0.15) is 5.54 Å². The van der Waals surface area contributed by atoms with Crippen molar-refractivity contribution in [1.82, 2.24) is 15.1 Å². The Balaban J connectivity index is 0.956. The third kappa shape index (κ3) is 6.06. The second-order valence-corrected chi connectivity index (χ2v) is 19.7. The standard InChI is InChI=1S/C48H69N3O4/c1-9-37(33(6)34-14-12-11-13-15-34)43(53)51-41(10-2)46(51,8)44(54)49-22-23-50-27-30(3)24-39-42(50)31(4)16-20-47-29-48(47)21-17-35-25-36(52)18-19-45(35,7)40(48)26-38(47)32(5)28-55-39/h11-15,17,30-31,36,39-42,52H,9-10,16,18-29H2,1-8H3,(H,49,54)/b37-33-,38-32-/t30-,31-,36-,39+,40+,41?,42-,45-,46?,47?,48-,51?/m0/s1. The highest BCUT2D eigenvalue weighted by molar-refractivity contribution is 6.07. The molecule has 3 unspecified atom stereocenters. The van der Waals surface area contributed by atoms with Crippen molar-refractivity contribution < 1.29 is 19.4 Å². The lowest BCUT2D eigenvalue weighted by Crippen LogP contribution is -2.57. The van der Waals surface area contributed by atoms with Crippen molar-refractivity contribution in [3.05, 3.63) is 64.3 Å². The first-order valence-corrected chi connectivity index (χ1v) is 22.0. The number of piperidine rings is 1. The van der Waals surface area contributed by atoms with Gasteiger partial charge < -0.3 is 20.1 Å². The molecule has 1 aromatic carbocycles. The van der Waals surface area contributed by atoms with Gasteiger partial charge in [0.05, 0.1) is 24.9 Å². The van der Waals surface area contributed by atoms with Gasteiger partial charge in [-0.15, -0.1) is 0 Å². The number of carbonyl (C=O) groups is 2. The first-order valence-electron chi connectivity index (χ1n) is 22.0. The van der Waals surface area contributed by atoms with Gasteiger partial charge in [0.25, 0.3) is 5.91 Å². The van der Waals surface area contributed by atoms with Crippen LogP contribution >= 0.6 is 0 Å². The van der Waals surface area contributed by atoms with E-state index in [1.54, 1.807) is 11.1 Å². The van der Waals surface area contributed by atoms with E-state index in [1.807, 2.05) is 43.9 Å². The second-order valence-electron chi connectivity index (χ2n) is 19.7. The molecule has 3 aliphatic heterocycles. The molecule has 2 N–H and O–H groups in total. The zero-order valence-electron chi connectivity index (χ0n) is 35.2. The van der Waals surface area contributed by atoms with Gasteiger partial charge in [0, 0.05) is 31.2 Å². The number of nitrogens with zero attached hydrogens (tertiary/aromatic N) is 2. The van der Waals surface area contributed by atoms with Gasteiger partial charge in [-0.05, 0) is 142 Å². The summed E-state index contributed by atoms with van der Waals surface area (Å²) < 4.78 is 7.04. The van der Waals surface area contributed by atoms with Crippen LogP contribution in [0.5, 0.6) is 0 Å². The van der Waals surface area contributed by atoms with E-state index in [0.29, 0.717) is 47.6 Å². The molecule has 55 heavy (non-hydrogen) atoms. The van der Waals surface area contributed by atoms with Crippen LogP contribution in [0.15, 0.2) is 58.7 Å². The van der Waals surface area contributed by atoms with Crippen LogP contribution in [0, 0.1) is 34.0 Å². The Morgan fingerprint density at radius 1 is 1.05 bits per heavy atom. The van der Waals surface area contributed by atoms with Crippen LogP contribution in [-0.4, -0.2) is 82.8 Å². The van der Waals surface area contributed by atoms with Crippen LogP contribution in [-0.2, 0) is 14.3 Å². The fourth-order valence-corrected chi connectivity index (χ4v) is 13.7. The summed E-state index contributed by atoms with van der Waals surface area (Å²) in [7, 11) is 0.